The minimum Gasteiger partial charge on any atom is -0.433 e. The van der Waals surface area contributed by atoms with Gasteiger partial charge in [-0.2, -0.15) is 8.78 Å². The molecule has 19 heavy (non-hydrogen) atoms. The van der Waals surface area contributed by atoms with Gasteiger partial charge in [0.1, 0.15) is 5.75 Å². The highest BCUT2D eigenvalue weighted by Gasteiger charge is 2.12. The van der Waals surface area contributed by atoms with E-state index in [1.165, 1.54) is 16.8 Å². The molecule has 2 N–H and O–H groups in total. The molecule has 8 heteroatoms. The molecule has 0 unspecified atom stereocenters. The van der Waals surface area contributed by atoms with Crippen molar-refractivity contribution in [3.63, 3.8) is 0 Å². The van der Waals surface area contributed by atoms with E-state index in [0.717, 1.165) is 0 Å². The maximum absolute atomic E-state index is 12.2. The predicted molar refractivity (Wildman–Crippen MR) is 65.6 cm³/mol. The van der Waals surface area contributed by atoms with Gasteiger partial charge >= 0.3 is 6.61 Å². The smallest absolute Gasteiger partial charge is 0.387 e. The Hall–Kier alpha value is -1.73. The third-order valence-electron chi connectivity index (χ3n) is 2.37. The highest BCUT2D eigenvalue weighted by atomic mass is 35.5. The summed E-state index contributed by atoms with van der Waals surface area (Å²) in [5.74, 6) is -0.119. The second-order valence-electron chi connectivity index (χ2n) is 3.87. The van der Waals surface area contributed by atoms with Crippen LogP contribution in [0.3, 0.4) is 0 Å². The van der Waals surface area contributed by atoms with Crippen LogP contribution in [0.25, 0.3) is 5.69 Å². The summed E-state index contributed by atoms with van der Waals surface area (Å²) < 4.78 is 30.1. The van der Waals surface area contributed by atoms with E-state index in [1.807, 2.05) is 0 Å². The zero-order valence-corrected chi connectivity index (χ0v) is 10.7. The van der Waals surface area contributed by atoms with E-state index in [4.69, 9.17) is 17.3 Å². The van der Waals surface area contributed by atoms with Crippen molar-refractivity contribution in [2.75, 3.05) is 0 Å². The molecule has 0 bridgehead atoms. The van der Waals surface area contributed by atoms with E-state index in [-0.39, 0.29) is 16.8 Å². The van der Waals surface area contributed by atoms with Gasteiger partial charge in [0.2, 0.25) is 0 Å². The molecule has 2 rings (SSSR count). The number of rotatable bonds is 4. The van der Waals surface area contributed by atoms with Gasteiger partial charge in [-0.05, 0) is 19.1 Å². The van der Waals surface area contributed by atoms with Gasteiger partial charge in [0.05, 0.1) is 22.6 Å². The van der Waals surface area contributed by atoms with Gasteiger partial charge in [0.25, 0.3) is 0 Å². The summed E-state index contributed by atoms with van der Waals surface area (Å²) in [7, 11) is 0. The first kappa shape index (κ1) is 13.7. The molecule has 1 heterocycles. The van der Waals surface area contributed by atoms with E-state index >= 15 is 0 Å². The molecule has 0 aliphatic rings. The fourth-order valence-electron chi connectivity index (χ4n) is 1.43. The fourth-order valence-corrected chi connectivity index (χ4v) is 1.59. The molecule has 0 spiro atoms. The Kier molecular flexibility index (Phi) is 3.96. The van der Waals surface area contributed by atoms with E-state index in [2.05, 4.69) is 15.0 Å². The average molecular weight is 289 g/mol. The zero-order chi connectivity index (χ0) is 14.0. The van der Waals surface area contributed by atoms with Crippen LogP contribution in [0.2, 0.25) is 5.02 Å². The first-order valence-electron chi connectivity index (χ1n) is 5.40. The van der Waals surface area contributed by atoms with Crippen LogP contribution in [0.4, 0.5) is 8.78 Å². The maximum atomic E-state index is 12.2. The van der Waals surface area contributed by atoms with Gasteiger partial charge in [0.15, 0.2) is 0 Å². The number of alkyl halides is 2. The minimum atomic E-state index is -2.94. The van der Waals surface area contributed by atoms with Crippen LogP contribution in [-0.2, 0) is 0 Å². The summed E-state index contributed by atoms with van der Waals surface area (Å²) in [6, 6.07) is 4.15. The van der Waals surface area contributed by atoms with Crippen molar-refractivity contribution in [2.24, 2.45) is 5.73 Å². The highest BCUT2D eigenvalue weighted by Crippen LogP contribution is 2.28. The van der Waals surface area contributed by atoms with Gasteiger partial charge in [-0.25, -0.2) is 4.68 Å². The Balaban J connectivity index is 2.33. The van der Waals surface area contributed by atoms with Crippen LogP contribution in [0.15, 0.2) is 24.4 Å². The van der Waals surface area contributed by atoms with Gasteiger partial charge in [-0.1, -0.05) is 16.8 Å². The molecular formula is C11H11ClF2N4O. The lowest BCUT2D eigenvalue weighted by molar-refractivity contribution is -0.0497. The number of nitrogens with two attached hydrogens (primary N) is 1. The Morgan fingerprint density at radius 1 is 1.42 bits per heavy atom. The highest BCUT2D eigenvalue weighted by molar-refractivity contribution is 6.32. The summed E-state index contributed by atoms with van der Waals surface area (Å²) >= 11 is 5.76. The van der Waals surface area contributed by atoms with E-state index in [0.29, 0.717) is 11.4 Å². The third-order valence-corrected chi connectivity index (χ3v) is 2.69. The number of nitrogens with zero attached hydrogens (tertiary/aromatic N) is 3. The van der Waals surface area contributed by atoms with E-state index in [1.54, 1.807) is 19.2 Å². The lowest BCUT2D eigenvalue weighted by atomic mass is 10.2. The quantitative estimate of drug-likeness (QED) is 0.939. The second-order valence-corrected chi connectivity index (χ2v) is 4.28. The van der Waals surface area contributed by atoms with E-state index < -0.39 is 6.61 Å². The molecule has 0 fully saturated rings. The molecule has 1 atom stereocenters. The molecule has 1 aromatic carbocycles. The molecule has 2 aromatic rings. The van der Waals surface area contributed by atoms with Crippen molar-refractivity contribution in [1.82, 2.24) is 15.0 Å². The lowest BCUT2D eigenvalue weighted by Gasteiger charge is -2.08. The summed E-state index contributed by atoms with van der Waals surface area (Å²) in [5, 5.41) is 7.82. The largest absolute Gasteiger partial charge is 0.433 e. The SMILES string of the molecule is C[C@@H](N)c1cn(-c2ccc(Cl)c(OC(F)F)c2)nn1. The van der Waals surface area contributed by atoms with Crippen molar-refractivity contribution in [2.45, 2.75) is 19.6 Å². The zero-order valence-electron chi connectivity index (χ0n) is 9.93. The second kappa shape index (κ2) is 5.50. The summed E-state index contributed by atoms with van der Waals surface area (Å²) in [4.78, 5) is 0. The number of halogens is 3. The summed E-state index contributed by atoms with van der Waals surface area (Å²) in [6.45, 7) is -1.18. The fraction of sp³-hybridized carbons (Fsp3) is 0.273. The van der Waals surface area contributed by atoms with Crippen LogP contribution in [0, 0.1) is 0 Å². The van der Waals surface area contributed by atoms with Crippen LogP contribution in [0.1, 0.15) is 18.7 Å². The molecule has 102 valence electrons. The van der Waals surface area contributed by atoms with Crippen molar-refractivity contribution >= 4 is 11.6 Å². The molecular weight excluding hydrogens is 278 g/mol. The van der Waals surface area contributed by atoms with Crippen molar-refractivity contribution in [3.05, 3.63) is 35.1 Å². The van der Waals surface area contributed by atoms with Crippen LogP contribution < -0.4 is 10.5 Å². The monoisotopic (exact) mass is 288 g/mol. The molecule has 0 saturated carbocycles. The molecule has 1 aromatic heterocycles. The standard InChI is InChI=1S/C11H11ClF2N4O/c1-6(15)9-5-18(17-16-9)7-2-3-8(12)10(4-7)19-11(13)14/h2-6,11H,15H2,1H3/t6-/m1/s1. The molecule has 0 saturated heterocycles. The Morgan fingerprint density at radius 3 is 2.74 bits per heavy atom. The average Bonchev–Trinajstić information content (AvgIpc) is 2.81. The molecule has 0 amide bonds. The van der Waals surface area contributed by atoms with Crippen LogP contribution in [-0.4, -0.2) is 21.6 Å². The first-order chi connectivity index (χ1) is 8.97. The summed E-state index contributed by atoms with van der Waals surface area (Å²) in [5.41, 5.74) is 6.75. The molecule has 0 aliphatic heterocycles. The first-order valence-corrected chi connectivity index (χ1v) is 5.77. The van der Waals surface area contributed by atoms with Gasteiger partial charge in [0, 0.05) is 12.1 Å². The van der Waals surface area contributed by atoms with Crippen molar-refractivity contribution in [3.8, 4) is 11.4 Å². The normalized spacial score (nSPS) is 12.7. The van der Waals surface area contributed by atoms with Crippen molar-refractivity contribution < 1.29 is 13.5 Å². The van der Waals surface area contributed by atoms with Crippen molar-refractivity contribution in [1.29, 1.82) is 0 Å². The number of aromatic nitrogens is 3. The Bertz CT molecular complexity index is 574. The number of hydrogen-bond acceptors (Lipinski definition) is 4. The van der Waals surface area contributed by atoms with Gasteiger partial charge in [-0.15, -0.1) is 5.10 Å². The van der Waals surface area contributed by atoms with Crippen LogP contribution >= 0.6 is 11.6 Å². The minimum absolute atomic E-state index is 0.0941. The molecule has 5 nitrogen and oxygen atoms in total. The Labute approximate surface area is 112 Å². The lowest BCUT2D eigenvalue weighted by Crippen LogP contribution is -2.05. The predicted octanol–water partition coefficient (Wildman–Crippen LogP) is 2.54. The molecule has 0 radical (unpaired) electrons. The Morgan fingerprint density at radius 2 is 2.16 bits per heavy atom. The van der Waals surface area contributed by atoms with Crippen LogP contribution in [0.5, 0.6) is 5.75 Å². The maximum Gasteiger partial charge on any atom is 0.387 e. The number of hydrogen-bond donors (Lipinski definition) is 1. The topological polar surface area (TPSA) is 66.0 Å². The van der Waals surface area contributed by atoms with Gasteiger partial charge in [-0.3, -0.25) is 0 Å². The van der Waals surface area contributed by atoms with Gasteiger partial charge < -0.3 is 10.5 Å². The van der Waals surface area contributed by atoms with E-state index in [9.17, 15) is 8.78 Å². The third kappa shape index (κ3) is 3.18. The number of ether oxygens (including phenoxy) is 1. The number of benzene rings is 1. The summed E-state index contributed by atoms with van der Waals surface area (Å²) in [6.07, 6.45) is 1.61. The molecule has 0 aliphatic carbocycles.